The van der Waals surface area contributed by atoms with Crippen molar-refractivity contribution in [2.45, 2.75) is 38.3 Å². The molecule has 0 aliphatic carbocycles. The minimum atomic E-state index is -0.460. The number of carbonyl (C=O) groups excluding carboxylic acids is 1. The molecule has 0 bridgehead atoms. The van der Waals surface area contributed by atoms with Crippen molar-refractivity contribution in [3.05, 3.63) is 41.8 Å². The van der Waals surface area contributed by atoms with Crippen LogP contribution in [0.15, 0.2) is 34.7 Å². The van der Waals surface area contributed by atoms with E-state index in [0.29, 0.717) is 38.4 Å². The molecule has 24 heavy (non-hydrogen) atoms. The minimum absolute atomic E-state index is 0.0121. The lowest BCUT2D eigenvalue weighted by Crippen LogP contribution is -2.45. The Hall–Kier alpha value is -2.18. The molecule has 1 amide bonds. The number of hydrogen-bond acceptors (Lipinski definition) is 5. The summed E-state index contributed by atoms with van der Waals surface area (Å²) in [6.07, 6.45) is 3.13. The molecular formula is C18H24N4O2. The number of carbonyl (C=O) groups is 1. The highest BCUT2D eigenvalue weighted by Crippen LogP contribution is 2.26. The highest BCUT2D eigenvalue weighted by molar-refractivity contribution is 5.81. The van der Waals surface area contributed by atoms with Gasteiger partial charge in [0.25, 0.3) is 0 Å². The third-order valence-corrected chi connectivity index (χ3v) is 4.35. The van der Waals surface area contributed by atoms with Crippen LogP contribution in [0.25, 0.3) is 11.5 Å². The molecule has 1 aromatic carbocycles. The Morgan fingerprint density at radius 3 is 2.83 bits per heavy atom. The average Bonchev–Trinajstić information content (AvgIpc) is 3.05. The smallest absolute Gasteiger partial charge is 0.239 e. The summed E-state index contributed by atoms with van der Waals surface area (Å²) in [4.78, 5) is 18.8. The van der Waals surface area contributed by atoms with Crippen LogP contribution in [0.2, 0.25) is 0 Å². The summed E-state index contributed by atoms with van der Waals surface area (Å²) in [5, 5.41) is 0. The molecule has 1 aromatic heterocycles. The van der Waals surface area contributed by atoms with E-state index >= 15 is 0 Å². The number of benzene rings is 1. The van der Waals surface area contributed by atoms with Crippen molar-refractivity contribution in [2.24, 2.45) is 11.5 Å². The number of amides is 1. The fourth-order valence-electron chi connectivity index (χ4n) is 2.96. The lowest BCUT2D eigenvalue weighted by molar-refractivity contribution is -0.133. The van der Waals surface area contributed by atoms with E-state index in [4.69, 9.17) is 15.9 Å². The van der Waals surface area contributed by atoms with Gasteiger partial charge in [-0.1, -0.05) is 24.6 Å². The molecule has 1 atom stereocenters. The van der Waals surface area contributed by atoms with Gasteiger partial charge in [-0.25, -0.2) is 4.98 Å². The first kappa shape index (κ1) is 16.7. The van der Waals surface area contributed by atoms with Crippen LogP contribution in [-0.2, 0) is 17.8 Å². The lowest BCUT2D eigenvalue weighted by atomic mass is 10.1. The number of rotatable bonds is 6. The van der Waals surface area contributed by atoms with Crippen LogP contribution in [0.3, 0.4) is 0 Å². The molecule has 128 valence electrons. The van der Waals surface area contributed by atoms with E-state index in [9.17, 15) is 4.79 Å². The number of hydrogen-bond donors (Lipinski definition) is 2. The zero-order chi connectivity index (χ0) is 16.9. The number of fused-ring (bicyclic) bond motifs is 1. The molecule has 2 heterocycles. The van der Waals surface area contributed by atoms with Gasteiger partial charge in [0.2, 0.25) is 11.8 Å². The van der Waals surface area contributed by atoms with Crippen LogP contribution < -0.4 is 11.5 Å². The third-order valence-electron chi connectivity index (χ3n) is 4.35. The minimum Gasteiger partial charge on any atom is -0.441 e. The van der Waals surface area contributed by atoms with Crippen LogP contribution in [0.5, 0.6) is 0 Å². The maximum atomic E-state index is 12.5. The quantitative estimate of drug-likeness (QED) is 0.786. The number of oxazole rings is 1. The molecule has 2 aromatic rings. The number of nitrogens with two attached hydrogens (primary N) is 2. The molecular weight excluding hydrogens is 304 g/mol. The zero-order valence-electron chi connectivity index (χ0n) is 13.8. The first-order chi connectivity index (χ1) is 11.7. The van der Waals surface area contributed by atoms with Crippen molar-refractivity contribution in [3.63, 3.8) is 0 Å². The summed E-state index contributed by atoms with van der Waals surface area (Å²) >= 11 is 0. The topological polar surface area (TPSA) is 98.4 Å². The van der Waals surface area contributed by atoms with Gasteiger partial charge in [0.15, 0.2) is 0 Å². The summed E-state index contributed by atoms with van der Waals surface area (Å²) in [5.41, 5.74) is 13.3. The van der Waals surface area contributed by atoms with E-state index in [-0.39, 0.29) is 5.91 Å². The van der Waals surface area contributed by atoms with Gasteiger partial charge in [0, 0.05) is 18.5 Å². The van der Waals surface area contributed by atoms with Gasteiger partial charge in [-0.2, -0.15) is 0 Å². The van der Waals surface area contributed by atoms with Gasteiger partial charge in [-0.3, -0.25) is 4.79 Å². The van der Waals surface area contributed by atoms with E-state index in [1.54, 1.807) is 4.90 Å². The van der Waals surface area contributed by atoms with E-state index in [0.717, 1.165) is 29.9 Å². The van der Waals surface area contributed by atoms with Crippen LogP contribution in [0.1, 0.15) is 30.7 Å². The van der Waals surface area contributed by atoms with Crippen LogP contribution >= 0.6 is 0 Å². The molecule has 0 radical (unpaired) electrons. The zero-order valence-corrected chi connectivity index (χ0v) is 13.8. The van der Waals surface area contributed by atoms with Crippen molar-refractivity contribution >= 4 is 5.91 Å². The van der Waals surface area contributed by atoms with E-state index in [1.165, 1.54) is 0 Å². The molecule has 1 aliphatic rings. The van der Waals surface area contributed by atoms with Gasteiger partial charge in [-0.15, -0.1) is 0 Å². The van der Waals surface area contributed by atoms with E-state index in [2.05, 4.69) is 4.98 Å². The second kappa shape index (κ2) is 7.59. The Morgan fingerprint density at radius 2 is 2.08 bits per heavy atom. The largest absolute Gasteiger partial charge is 0.441 e. The maximum Gasteiger partial charge on any atom is 0.239 e. The predicted molar refractivity (Wildman–Crippen MR) is 91.9 cm³/mol. The average molecular weight is 328 g/mol. The van der Waals surface area contributed by atoms with Crippen LogP contribution in [0.4, 0.5) is 0 Å². The number of aromatic nitrogens is 1. The molecule has 4 N–H and O–H groups in total. The molecule has 6 nitrogen and oxygen atoms in total. The Morgan fingerprint density at radius 1 is 1.29 bits per heavy atom. The van der Waals surface area contributed by atoms with E-state index in [1.807, 2.05) is 30.3 Å². The Kier molecular flexibility index (Phi) is 5.27. The van der Waals surface area contributed by atoms with Crippen molar-refractivity contribution in [1.82, 2.24) is 9.88 Å². The summed E-state index contributed by atoms with van der Waals surface area (Å²) in [6, 6.07) is 9.34. The Bertz CT molecular complexity index is 684. The highest BCUT2D eigenvalue weighted by Gasteiger charge is 2.28. The van der Waals surface area contributed by atoms with E-state index < -0.39 is 6.04 Å². The monoisotopic (exact) mass is 328 g/mol. The second-order valence-corrected chi connectivity index (χ2v) is 6.16. The van der Waals surface area contributed by atoms with Gasteiger partial charge in [0.05, 0.1) is 12.6 Å². The maximum absolute atomic E-state index is 12.5. The fraction of sp³-hybridized carbons (Fsp3) is 0.444. The molecule has 0 spiro atoms. The first-order valence-corrected chi connectivity index (χ1v) is 8.47. The molecule has 0 fully saturated rings. The van der Waals surface area contributed by atoms with Gasteiger partial charge >= 0.3 is 0 Å². The standard InChI is InChI=1S/C18H24N4O2/c19-10-5-4-8-14(20)18(23)22-11-9-16-15(12-22)21-17(24-16)13-6-2-1-3-7-13/h1-3,6-7,14H,4-5,8-12,19-20H2/t14-/m0/s1. The number of unbranched alkanes of at least 4 members (excludes halogenated alkanes) is 1. The predicted octanol–water partition coefficient (Wildman–Crippen LogP) is 1.68. The highest BCUT2D eigenvalue weighted by atomic mass is 16.4. The van der Waals surface area contributed by atoms with Crippen LogP contribution in [-0.4, -0.2) is 34.9 Å². The van der Waals surface area contributed by atoms with Crippen molar-refractivity contribution < 1.29 is 9.21 Å². The molecule has 0 unspecified atom stereocenters. The molecule has 0 saturated carbocycles. The van der Waals surface area contributed by atoms with Crippen molar-refractivity contribution in [2.75, 3.05) is 13.1 Å². The Labute approximate surface area is 141 Å². The Balaban J connectivity index is 1.66. The molecule has 0 saturated heterocycles. The van der Waals surface area contributed by atoms with Gasteiger partial charge in [0.1, 0.15) is 11.5 Å². The summed E-state index contributed by atoms with van der Waals surface area (Å²) in [7, 11) is 0. The fourth-order valence-corrected chi connectivity index (χ4v) is 2.96. The van der Waals surface area contributed by atoms with Crippen LogP contribution in [0, 0.1) is 0 Å². The van der Waals surface area contributed by atoms with Crippen molar-refractivity contribution in [1.29, 1.82) is 0 Å². The molecule has 3 rings (SSSR count). The third kappa shape index (κ3) is 3.66. The second-order valence-electron chi connectivity index (χ2n) is 6.16. The summed E-state index contributed by atoms with van der Waals surface area (Å²) in [6.45, 7) is 1.73. The SMILES string of the molecule is NCCCC[C@H](N)C(=O)N1CCc2oc(-c3ccccc3)nc2C1. The van der Waals surface area contributed by atoms with Gasteiger partial charge in [-0.05, 0) is 31.5 Å². The molecule has 1 aliphatic heterocycles. The number of nitrogens with zero attached hydrogens (tertiary/aromatic N) is 2. The normalized spacial score (nSPS) is 15.2. The summed E-state index contributed by atoms with van der Waals surface area (Å²) in [5.74, 6) is 1.47. The first-order valence-electron chi connectivity index (χ1n) is 8.47. The van der Waals surface area contributed by atoms with Crippen molar-refractivity contribution in [3.8, 4) is 11.5 Å². The molecule has 6 heteroatoms. The van der Waals surface area contributed by atoms with Gasteiger partial charge < -0.3 is 20.8 Å². The lowest BCUT2D eigenvalue weighted by Gasteiger charge is -2.27. The summed E-state index contributed by atoms with van der Waals surface area (Å²) < 4.78 is 5.87.